The highest BCUT2D eigenvalue weighted by Crippen LogP contribution is 2.38. The van der Waals surface area contributed by atoms with E-state index >= 15 is 0 Å². The van der Waals surface area contributed by atoms with E-state index in [1.54, 1.807) is 24.4 Å². The van der Waals surface area contributed by atoms with Crippen LogP contribution in [-0.2, 0) is 5.41 Å². The summed E-state index contributed by atoms with van der Waals surface area (Å²) in [5.74, 6) is 1.03. The lowest BCUT2D eigenvalue weighted by Crippen LogP contribution is -2.16. The van der Waals surface area contributed by atoms with E-state index in [0.717, 1.165) is 5.69 Å². The number of pyridine rings is 1. The van der Waals surface area contributed by atoms with Crippen LogP contribution in [0.25, 0.3) is 0 Å². The predicted octanol–water partition coefficient (Wildman–Crippen LogP) is 3.66. The minimum absolute atomic E-state index is 0.104. The summed E-state index contributed by atoms with van der Waals surface area (Å²) in [7, 11) is 4.54. The number of nitrogens with zero attached hydrogens (tertiary/aromatic N) is 1. The summed E-state index contributed by atoms with van der Waals surface area (Å²) in [6, 6.07) is 6.85. The molecule has 1 heterocycles. The first-order valence-electron chi connectivity index (χ1n) is 7.88. The van der Waals surface area contributed by atoms with Gasteiger partial charge in [-0.3, -0.25) is 9.78 Å². The van der Waals surface area contributed by atoms with E-state index < -0.39 is 0 Å². The molecule has 1 N–H and O–H groups in total. The summed E-state index contributed by atoms with van der Waals surface area (Å²) >= 11 is 0. The Hall–Kier alpha value is -2.76. The molecule has 0 aliphatic carbocycles. The summed E-state index contributed by atoms with van der Waals surface area (Å²) in [6.07, 6.45) is 1.69. The summed E-state index contributed by atoms with van der Waals surface area (Å²) in [4.78, 5) is 17.0. The molecule has 1 aromatic heterocycles. The molecule has 0 saturated carbocycles. The molecule has 0 radical (unpaired) electrons. The van der Waals surface area contributed by atoms with Crippen molar-refractivity contribution in [3.63, 3.8) is 0 Å². The van der Waals surface area contributed by atoms with Gasteiger partial charge in [0.05, 0.1) is 21.3 Å². The number of methoxy groups -OCH3 is 3. The maximum atomic E-state index is 12.6. The van der Waals surface area contributed by atoms with E-state index in [4.69, 9.17) is 14.2 Å². The lowest BCUT2D eigenvalue weighted by atomic mass is 9.91. The lowest BCUT2D eigenvalue weighted by molar-refractivity contribution is 0.102. The van der Waals surface area contributed by atoms with Crippen LogP contribution in [0.2, 0.25) is 0 Å². The number of carbonyl (C=O) groups is 1. The Balaban J connectivity index is 2.33. The first-order chi connectivity index (χ1) is 11.8. The van der Waals surface area contributed by atoms with E-state index in [1.807, 2.05) is 6.07 Å². The number of anilines is 1. The molecule has 0 aliphatic heterocycles. The van der Waals surface area contributed by atoms with Gasteiger partial charge in [-0.05, 0) is 24.3 Å². The first kappa shape index (κ1) is 18.6. The summed E-state index contributed by atoms with van der Waals surface area (Å²) < 4.78 is 15.9. The molecule has 0 saturated heterocycles. The molecule has 1 amide bonds. The summed E-state index contributed by atoms with van der Waals surface area (Å²) in [6.45, 7) is 6.21. The minimum Gasteiger partial charge on any atom is -0.493 e. The van der Waals surface area contributed by atoms with Crippen LogP contribution >= 0.6 is 0 Å². The van der Waals surface area contributed by atoms with Crippen molar-refractivity contribution in [1.82, 2.24) is 4.98 Å². The zero-order valence-corrected chi connectivity index (χ0v) is 15.5. The Morgan fingerprint density at radius 3 is 2.08 bits per heavy atom. The molecular formula is C19H24N2O4. The largest absolute Gasteiger partial charge is 0.493 e. The molecule has 134 valence electrons. The fourth-order valence-electron chi connectivity index (χ4n) is 2.33. The Bertz CT molecular complexity index is 741. The van der Waals surface area contributed by atoms with Gasteiger partial charge >= 0.3 is 0 Å². The van der Waals surface area contributed by atoms with Crippen LogP contribution in [0.15, 0.2) is 30.5 Å². The third kappa shape index (κ3) is 4.21. The highest BCUT2D eigenvalue weighted by molar-refractivity contribution is 6.05. The molecule has 6 heteroatoms. The van der Waals surface area contributed by atoms with Crippen LogP contribution in [0.3, 0.4) is 0 Å². The van der Waals surface area contributed by atoms with Gasteiger partial charge in [0.1, 0.15) is 0 Å². The zero-order chi connectivity index (χ0) is 18.6. The Morgan fingerprint density at radius 2 is 1.60 bits per heavy atom. The van der Waals surface area contributed by atoms with Crippen LogP contribution in [-0.4, -0.2) is 32.2 Å². The lowest BCUT2D eigenvalue weighted by Gasteiger charge is -2.18. The smallest absolute Gasteiger partial charge is 0.255 e. The number of carbonyl (C=O) groups excluding carboxylic acids is 1. The quantitative estimate of drug-likeness (QED) is 0.896. The number of amides is 1. The standard InChI is InChI=1S/C19H24N2O4/c1-19(2,3)16-11-13(7-8-20-16)21-18(22)12-9-14(23-4)17(25-6)15(10-12)24-5/h7-11H,1-6H3,(H,20,21,22). The van der Waals surface area contributed by atoms with Crippen molar-refractivity contribution in [2.24, 2.45) is 0 Å². The second kappa shape index (κ2) is 7.42. The van der Waals surface area contributed by atoms with Crippen molar-refractivity contribution in [1.29, 1.82) is 0 Å². The number of benzene rings is 1. The average molecular weight is 344 g/mol. The van der Waals surface area contributed by atoms with E-state index in [2.05, 4.69) is 31.1 Å². The Kier molecular flexibility index (Phi) is 5.51. The second-order valence-corrected chi connectivity index (χ2v) is 6.55. The van der Waals surface area contributed by atoms with Crippen molar-refractivity contribution in [3.8, 4) is 17.2 Å². The van der Waals surface area contributed by atoms with Gasteiger partial charge in [0, 0.05) is 28.6 Å². The molecule has 2 rings (SSSR count). The zero-order valence-electron chi connectivity index (χ0n) is 15.5. The molecule has 0 unspecified atom stereocenters. The molecule has 0 aliphatic rings. The van der Waals surface area contributed by atoms with E-state index in [9.17, 15) is 4.79 Å². The summed E-state index contributed by atoms with van der Waals surface area (Å²) in [5, 5.41) is 2.88. The number of ether oxygens (including phenoxy) is 3. The van der Waals surface area contributed by atoms with E-state index in [-0.39, 0.29) is 11.3 Å². The fraction of sp³-hybridized carbons (Fsp3) is 0.368. The van der Waals surface area contributed by atoms with Gasteiger partial charge in [0.25, 0.3) is 5.91 Å². The molecule has 6 nitrogen and oxygen atoms in total. The molecule has 0 fully saturated rings. The topological polar surface area (TPSA) is 69.7 Å². The SMILES string of the molecule is COc1cc(C(=O)Nc2ccnc(C(C)(C)C)c2)cc(OC)c1OC. The van der Waals surface area contributed by atoms with Crippen molar-refractivity contribution >= 4 is 11.6 Å². The van der Waals surface area contributed by atoms with Crippen LogP contribution in [0.5, 0.6) is 17.2 Å². The maximum absolute atomic E-state index is 12.6. The van der Waals surface area contributed by atoms with Crippen molar-refractivity contribution in [3.05, 3.63) is 41.7 Å². The van der Waals surface area contributed by atoms with Crippen molar-refractivity contribution in [2.45, 2.75) is 26.2 Å². The summed E-state index contributed by atoms with van der Waals surface area (Å²) in [5.41, 5.74) is 1.88. The Labute approximate surface area is 148 Å². The maximum Gasteiger partial charge on any atom is 0.255 e. The number of hydrogen-bond donors (Lipinski definition) is 1. The third-order valence-electron chi connectivity index (χ3n) is 3.71. The van der Waals surface area contributed by atoms with Crippen LogP contribution in [0.4, 0.5) is 5.69 Å². The van der Waals surface area contributed by atoms with Gasteiger partial charge < -0.3 is 19.5 Å². The molecule has 1 aromatic carbocycles. The second-order valence-electron chi connectivity index (χ2n) is 6.55. The predicted molar refractivity (Wildman–Crippen MR) is 97.0 cm³/mol. The molecule has 2 aromatic rings. The van der Waals surface area contributed by atoms with Crippen LogP contribution < -0.4 is 19.5 Å². The van der Waals surface area contributed by atoms with Gasteiger partial charge in [-0.2, -0.15) is 0 Å². The Morgan fingerprint density at radius 1 is 1.00 bits per heavy atom. The fourth-order valence-corrected chi connectivity index (χ4v) is 2.33. The van der Waals surface area contributed by atoms with Gasteiger partial charge in [0.15, 0.2) is 11.5 Å². The molecular weight excluding hydrogens is 320 g/mol. The van der Waals surface area contributed by atoms with Crippen LogP contribution in [0.1, 0.15) is 36.8 Å². The van der Waals surface area contributed by atoms with Gasteiger partial charge in [0.2, 0.25) is 5.75 Å². The minimum atomic E-state index is -0.273. The first-order valence-corrected chi connectivity index (χ1v) is 7.88. The molecule has 0 bridgehead atoms. The van der Waals surface area contributed by atoms with E-state index in [1.165, 1.54) is 21.3 Å². The number of rotatable bonds is 5. The van der Waals surface area contributed by atoms with E-state index in [0.29, 0.717) is 28.5 Å². The molecule has 25 heavy (non-hydrogen) atoms. The average Bonchev–Trinajstić information content (AvgIpc) is 2.59. The number of hydrogen-bond acceptors (Lipinski definition) is 5. The number of aromatic nitrogens is 1. The van der Waals surface area contributed by atoms with Crippen LogP contribution in [0, 0.1) is 0 Å². The van der Waals surface area contributed by atoms with Crippen molar-refractivity contribution < 1.29 is 19.0 Å². The molecule has 0 spiro atoms. The number of nitrogens with one attached hydrogen (secondary N) is 1. The molecule has 0 atom stereocenters. The van der Waals surface area contributed by atoms with Gasteiger partial charge in [-0.15, -0.1) is 0 Å². The normalized spacial score (nSPS) is 11.0. The highest BCUT2D eigenvalue weighted by atomic mass is 16.5. The highest BCUT2D eigenvalue weighted by Gasteiger charge is 2.19. The third-order valence-corrected chi connectivity index (χ3v) is 3.71. The van der Waals surface area contributed by atoms with Crippen molar-refractivity contribution in [2.75, 3.05) is 26.6 Å². The van der Waals surface area contributed by atoms with Gasteiger partial charge in [-0.25, -0.2) is 0 Å². The van der Waals surface area contributed by atoms with Gasteiger partial charge in [-0.1, -0.05) is 20.8 Å². The monoisotopic (exact) mass is 344 g/mol.